The fourth-order valence-electron chi connectivity index (χ4n) is 4.81. The number of thiophene rings is 2. The van der Waals surface area contributed by atoms with Gasteiger partial charge in [0.05, 0.1) is 10.9 Å². The summed E-state index contributed by atoms with van der Waals surface area (Å²) in [6, 6.07) is 16.2. The van der Waals surface area contributed by atoms with Crippen LogP contribution in [-0.2, 0) is 6.54 Å². The third-order valence-corrected chi connectivity index (χ3v) is 7.86. The van der Waals surface area contributed by atoms with Crippen LogP contribution in [0.15, 0.2) is 68.5 Å². The Kier molecular flexibility index (Phi) is 4.11. The molecule has 3 atom stereocenters. The highest BCUT2D eigenvalue weighted by Crippen LogP contribution is 2.50. The van der Waals surface area contributed by atoms with Crippen LogP contribution in [0, 0.1) is 5.92 Å². The Hall–Kier alpha value is -2.41. The van der Waals surface area contributed by atoms with Gasteiger partial charge < -0.3 is 9.15 Å². The van der Waals surface area contributed by atoms with Crippen LogP contribution in [0.4, 0.5) is 0 Å². The highest BCUT2D eigenvalue weighted by Gasteiger charge is 2.48. The number of ether oxygens (including phenoxy) is 1. The first-order chi connectivity index (χ1) is 14.3. The molecule has 0 bridgehead atoms. The van der Waals surface area contributed by atoms with Crippen LogP contribution in [0.1, 0.15) is 27.7 Å². The summed E-state index contributed by atoms with van der Waals surface area (Å²) in [5.74, 6) is 0.956. The van der Waals surface area contributed by atoms with Gasteiger partial charge in [0, 0.05) is 34.7 Å². The molecule has 0 N–H and O–H groups in total. The number of hydrogen-bond donors (Lipinski definition) is 0. The lowest BCUT2D eigenvalue weighted by Gasteiger charge is -2.38. The third kappa shape index (κ3) is 2.78. The molecular formula is C23H19NO3S2. The Morgan fingerprint density at radius 1 is 1.03 bits per heavy atom. The highest BCUT2D eigenvalue weighted by molar-refractivity contribution is 7.10. The second kappa shape index (κ2) is 6.83. The van der Waals surface area contributed by atoms with Gasteiger partial charge in [0.15, 0.2) is 6.23 Å². The van der Waals surface area contributed by atoms with Crippen LogP contribution >= 0.6 is 22.7 Å². The summed E-state index contributed by atoms with van der Waals surface area (Å²) in [6.07, 6.45) is 0.964. The minimum Gasteiger partial charge on any atom is -0.473 e. The first-order valence-electron chi connectivity index (χ1n) is 9.82. The van der Waals surface area contributed by atoms with Crippen molar-refractivity contribution < 1.29 is 9.15 Å². The highest BCUT2D eigenvalue weighted by atomic mass is 32.1. The van der Waals surface area contributed by atoms with E-state index in [0.29, 0.717) is 16.9 Å². The van der Waals surface area contributed by atoms with Gasteiger partial charge in [-0.15, -0.1) is 22.7 Å². The largest absolute Gasteiger partial charge is 0.473 e. The number of nitrogens with zero attached hydrogens (tertiary/aromatic N) is 1. The number of rotatable bonds is 3. The molecule has 6 rings (SSSR count). The summed E-state index contributed by atoms with van der Waals surface area (Å²) in [6.45, 7) is 1.84. The zero-order valence-corrected chi connectivity index (χ0v) is 17.2. The van der Waals surface area contributed by atoms with Crippen LogP contribution in [0.3, 0.4) is 0 Å². The molecule has 0 aliphatic carbocycles. The van der Waals surface area contributed by atoms with E-state index in [4.69, 9.17) is 9.15 Å². The molecule has 0 spiro atoms. The first kappa shape index (κ1) is 17.4. The fraction of sp³-hybridized carbons (Fsp3) is 0.261. The molecule has 2 aliphatic heterocycles. The molecule has 3 aromatic heterocycles. The SMILES string of the molecule is O=c1oc2ccccc2c2c1[C@@H](c1cccs1)[C@@H]1CCN(Cc3cccs3)[C@@H]1O2. The number of fused-ring (bicyclic) bond motifs is 4. The normalized spacial score (nSPS) is 23.7. The maximum Gasteiger partial charge on any atom is 0.343 e. The lowest BCUT2D eigenvalue weighted by atomic mass is 9.81. The van der Waals surface area contributed by atoms with Crippen LogP contribution in [-0.4, -0.2) is 17.7 Å². The first-order valence-corrected chi connectivity index (χ1v) is 11.6. The van der Waals surface area contributed by atoms with E-state index < -0.39 is 0 Å². The summed E-state index contributed by atoms with van der Waals surface area (Å²) in [5, 5.41) is 5.08. The quantitative estimate of drug-likeness (QED) is 0.422. The topological polar surface area (TPSA) is 42.7 Å². The molecule has 0 amide bonds. The molecule has 1 aromatic carbocycles. The van der Waals surface area contributed by atoms with Gasteiger partial charge in [0.25, 0.3) is 0 Å². The Balaban J connectivity index is 1.52. The molecule has 5 heterocycles. The molecule has 0 unspecified atom stereocenters. The van der Waals surface area contributed by atoms with Crippen molar-refractivity contribution in [3.05, 3.63) is 85.0 Å². The maximum absolute atomic E-state index is 13.1. The van der Waals surface area contributed by atoms with E-state index in [-0.39, 0.29) is 23.7 Å². The van der Waals surface area contributed by atoms with Gasteiger partial charge in [0.2, 0.25) is 0 Å². The van der Waals surface area contributed by atoms with E-state index in [0.717, 1.165) is 24.9 Å². The summed E-state index contributed by atoms with van der Waals surface area (Å²) in [7, 11) is 0. The number of hydrogen-bond acceptors (Lipinski definition) is 6. The Morgan fingerprint density at radius 3 is 2.72 bits per heavy atom. The molecule has 0 saturated carbocycles. The molecular weight excluding hydrogens is 402 g/mol. The van der Waals surface area contributed by atoms with Gasteiger partial charge in [0.1, 0.15) is 11.3 Å². The third-order valence-electron chi connectivity index (χ3n) is 6.04. The monoisotopic (exact) mass is 421 g/mol. The number of para-hydroxylation sites is 1. The van der Waals surface area contributed by atoms with Crippen molar-refractivity contribution in [3.63, 3.8) is 0 Å². The maximum atomic E-state index is 13.1. The smallest absolute Gasteiger partial charge is 0.343 e. The summed E-state index contributed by atoms with van der Waals surface area (Å²) < 4.78 is 12.3. The van der Waals surface area contributed by atoms with Crippen LogP contribution in [0.5, 0.6) is 5.75 Å². The zero-order valence-electron chi connectivity index (χ0n) is 15.6. The zero-order chi connectivity index (χ0) is 19.4. The minimum absolute atomic E-state index is 0.0120. The van der Waals surface area contributed by atoms with Crippen molar-refractivity contribution in [1.82, 2.24) is 4.90 Å². The molecule has 4 nitrogen and oxygen atoms in total. The van der Waals surface area contributed by atoms with Gasteiger partial charge in [-0.2, -0.15) is 0 Å². The number of likely N-dealkylation sites (tertiary alicyclic amines) is 1. The average Bonchev–Trinajstić information content (AvgIpc) is 3.50. The molecule has 0 radical (unpaired) electrons. The van der Waals surface area contributed by atoms with E-state index in [1.807, 2.05) is 24.3 Å². The van der Waals surface area contributed by atoms with Gasteiger partial charge in [-0.05, 0) is 41.4 Å². The fourth-order valence-corrected chi connectivity index (χ4v) is 6.45. The molecule has 6 heteroatoms. The number of benzene rings is 1. The molecule has 1 fully saturated rings. The summed E-state index contributed by atoms with van der Waals surface area (Å²) >= 11 is 3.49. The molecule has 4 aromatic rings. The Morgan fingerprint density at radius 2 is 1.90 bits per heavy atom. The van der Waals surface area contributed by atoms with Crippen LogP contribution in [0.2, 0.25) is 0 Å². The average molecular weight is 422 g/mol. The van der Waals surface area contributed by atoms with Crippen molar-refractivity contribution in [2.45, 2.75) is 25.1 Å². The Labute approximate surface area is 176 Å². The van der Waals surface area contributed by atoms with Gasteiger partial charge >= 0.3 is 5.63 Å². The molecule has 1 saturated heterocycles. The van der Waals surface area contributed by atoms with E-state index in [1.165, 1.54) is 9.75 Å². The van der Waals surface area contributed by atoms with Crippen molar-refractivity contribution in [2.24, 2.45) is 5.92 Å². The predicted molar refractivity (Wildman–Crippen MR) is 116 cm³/mol. The Bertz CT molecular complexity index is 1210. The van der Waals surface area contributed by atoms with Gasteiger partial charge in [-0.1, -0.05) is 24.3 Å². The second-order valence-corrected chi connectivity index (χ2v) is 9.64. The molecule has 29 heavy (non-hydrogen) atoms. The lowest BCUT2D eigenvalue weighted by molar-refractivity contribution is 0.00893. The van der Waals surface area contributed by atoms with Crippen LogP contribution < -0.4 is 10.4 Å². The van der Waals surface area contributed by atoms with E-state index in [9.17, 15) is 4.79 Å². The van der Waals surface area contributed by atoms with Crippen molar-refractivity contribution >= 4 is 33.6 Å². The standard InChI is InChI=1S/C23H19NO3S2/c25-23-20-19(18-8-4-12-29-18)16-9-10-24(13-14-5-3-11-28-14)22(16)27-21(20)15-6-1-2-7-17(15)26-23/h1-8,11-12,16,19,22H,9-10,13H2/t16-,19+,22+/m0/s1. The van der Waals surface area contributed by atoms with E-state index in [1.54, 1.807) is 22.7 Å². The summed E-state index contributed by atoms with van der Waals surface area (Å²) in [4.78, 5) is 18.0. The van der Waals surface area contributed by atoms with Crippen molar-refractivity contribution in [3.8, 4) is 5.75 Å². The van der Waals surface area contributed by atoms with Crippen LogP contribution in [0.25, 0.3) is 11.0 Å². The second-order valence-electron chi connectivity index (χ2n) is 7.63. The van der Waals surface area contributed by atoms with Gasteiger partial charge in [-0.25, -0.2) is 4.79 Å². The lowest BCUT2D eigenvalue weighted by Crippen LogP contribution is -2.43. The molecule has 2 aliphatic rings. The van der Waals surface area contributed by atoms with E-state index in [2.05, 4.69) is 39.9 Å². The molecule has 146 valence electrons. The van der Waals surface area contributed by atoms with Crippen molar-refractivity contribution in [1.29, 1.82) is 0 Å². The predicted octanol–water partition coefficient (Wildman–Crippen LogP) is 5.29. The van der Waals surface area contributed by atoms with Gasteiger partial charge in [-0.3, -0.25) is 4.90 Å². The minimum atomic E-state index is -0.271. The van der Waals surface area contributed by atoms with E-state index >= 15 is 0 Å². The van der Waals surface area contributed by atoms with Crippen molar-refractivity contribution in [2.75, 3.05) is 6.54 Å². The summed E-state index contributed by atoms with van der Waals surface area (Å²) in [5.41, 5.74) is 1.00.